The van der Waals surface area contributed by atoms with Crippen LogP contribution < -0.4 is 21.3 Å². The number of fused-ring (bicyclic) bond motifs is 1. The van der Waals surface area contributed by atoms with Crippen molar-refractivity contribution in [3.8, 4) is 5.75 Å². The van der Waals surface area contributed by atoms with Crippen LogP contribution in [0.3, 0.4) is 0 Å². The Labute approximate surface area is 115 Å². The van der Waals surface area contributed by atoms with Gasteiger partial charge in [0.25, 0.3) is 5.56 Å². The van der Waals surface area contributed by atoms with Crippen molar-refractivity contribution in [2.24, 2.45) is 7.05 Å². The summed E-state index contributed by atoms with van der Waals surface area (Å²) in [6.45, 7) is 1.49. The maximum atomic E-state index is 12.6. The van der Waals surface area contributed by atoms with Gasteiger partial charge in [-0.25, -0.2) is 4.79 Å². The van der Waals surface area contributed by atoms with Gasteiger partial charge in [0.2, 0.25) is 0 Å². The van der Waals surface area contributed by atoms with E-state index in [0.29, 0.717) is 23.2 Å². The topological polar surface area (TPSA) is 65.3 Å². The molecule has 0 bridgehead atoms. The molecule has 0 aliphatic carbocycles. The molecular formula is C14H17N3O3. The van der Waals surface area contributed by atoms with E-state index in [0.717, 1.165) is 13.0 Å². The van der Waals surface area contributed by atoms with Crippen LogP contribution in [0.5, 0.6) is 5.75 Å². The third kappa shape index (κ3) is 1.84. The molecule has 1 aromatic heterocycles. The molecule has 1 aromatic carbocycles. The number of ether oxygens (including phenoxy) is 1. The van der Waals surface area contributed by atoms with Crippen LogP contribution in [0, 0.1) is 0 Å². The van der Waals surface area contributed by atoms with Crippen LogP contribution in [0.2, 0.25) is 0 Å². The summed E-state index contributed by atoms with van der Waals surface area (Å²) in [4.78, 5) is 25.0. The lowest BCUT2D eigenvalue weighted by atomic mass is 10.2. The van der Waals surface area contributed by atoms with Gasteiger partial charge in [0, 0.05) is 13.6 Å². The zero-order valence-corrected chi connectivity index (χ0v) is 11.5. The van der Waals surface area contributed by atoms with Crippen molar-refractivity contribution in [1.82, 2.24) is 14.5 Å². The van der Waals surface area contributed by atoms with Gasteiger partial charge in [-0.05, 0) is 31.2 Å². The van der Waals surface area contributed by atoms with E-state index >= 15 is 0 Å². The third-order valence-corrected chi connectivity index (χ3v) is 3.91. The molecule has 106 valence electrons. The molecule has 6 heteroatoms. The molecule has 0 radical (unpaired) electrons. The van der Waals surface area contributed by atoms with E-state index < -0.39 is 0 Å². The van der Waals surface area contributed by atoms with Crippen LogP contribution in [0.4, 0.5) is 0 Å². The van der Waals surface area contributed by atoms with Gasteiger partial charge in [0.15, 0.2) is 0 Å². The van der Waals surface area contributed by atoms with Crippen LogP contribution in [0.15, 0.2) is 27.8 Å². The molecule has 1 fully saturated rings. The Morgan fingerprint density at radius 3 is 2.80 bits per heavy atom. The first-order valence-corrected chi connectivity index (χ1v) is 6.63. The predicted molar refractivity (Wildman–Crippen MR) is 76.5 cm³/mol. The molecule has 1 saturated heterocycles. The quantitative estimate of drug-likeness (QED) is 0.853. The van der Waals surface area contributed by atoms with Gasteiger partial charge in [-0.2, -0.15) is 0 Å². The van der Waals surface area contributed by atoms with E-state index in [1.807, 2.05) is 0 Å². The summed E-state index contributed by atoms with van der Waals surface area (Å²) in [5.41, 5.74) is 0.125. The second-order valence-electron chi connectivity index (χ2n) is 5.05. The summed E-state index contributed by atoms with van der Waals surface area (Å²) < 4.78 is 8.05. The van der Waals surface area contributed by atoms with Crippen LogP contribution >= 0.6 is 0 Å². The fraction of sp³-hybridized carbons (Fsp3) is 0.429. The predicted octanol–water partition coefficient (Wildman–Crippen LogP) is 0.243. The maximum Gasteiger partial charge on any atom is 0.331 e. The van der Waals surface area contributed by atoms with Gasteiger partial charge in [0.1, 0.15) is 5.75 Å². The Balaban J connectivity index is 2.35. The van der Waals surface area contributed by atoms with Crippen LogP contribution in [0.25, 0.3) is 10.9 Å². The van der Waals surface area contributed by atoms with Crippen LogP contribution in [-0.2, 0) is 7.05 Å². The van der Waals surface area contributed by atoms with E-state index in [1.54, 1.807) is 32.4 Å². The molecule has 1 N–H and O–H groups in total. The van der Waals surface area contributed by atoms with E-state index in [9.17, 15) is 9.59 Å². The molecule has 0 amide bonds. The summed E-state index contributed by atoms with van der Waals surface area (Å²) in [6.07, 6.45) is 0.796. The molecule has 1 aliphatic rings. The van der Waals surface area contributed by atoms with Crippen molar-refractivity contribution in [3.63, 3.8) is 0 Å². The number of aryl methyl sites for hydroxylation is 1. The van der Waals surface area contributed by atoms with Gasteiger partial charge < -0.3 is 10.1 Å². The minimum atomic E-state index is -0.263. The molecule has 20 heavy (non-hydrogen) atoms. The van der Waals surface area contributed by atoms with Crippen molar-refractivity contribution in [2.45, 2.75) is 12.5 Å². The summed E-state index contributed by atoms with van der Waals surface area (Å²) in [5, 5.41) is 3.70. The van der Waals surface area contributed by atoms with Gasteiger partial charge in [-0.15, -0.1) is 0 Å². The SMILES string of the molecule is COc1ccc2c(c1)c(=O)n(C1CCNC1)c(=O)n2C. The molecule has 1 atom stereocenters. The lowest BCUT2D eigenvalue weighted by Gasteiger charge is -2.15. The van der Waals surface area contributed by atoms with Gasteiger partial charge >= 0.3 is 5.69 Å². The highest BCUT2D eigenvalue weighted by Crippen LogP contribution is 2.18. The Kier molecular flexibility index (Phi) is 3.10. The van der Waals surface area contributed by atoms with E-state index in [1.165, 1.54) is 9.13 Å². The van der Waals surface area contributed by atoms with E-state index in [2.05, 4.69) is 5.32 Å². The zero-order chi connectivity index (χ0) is 14.3. The number of nitrogens with zero attached hydrogens (tertiary/aromatic N) is 2. The number of benzene rings is 1. The van der Waals surface area contributed by atoms with E-state index in [-0.39, 0.29) is 17.3 Å². The number of hydrogen-bond acceptors (Lipinski definition) is 4. The second kappa shape index (κ2) is 4.79. The minimum absolute atomic E-state index is 0.0724. The van der Waals surface area contributed by atoms with Gasteiger partial charge in [-0.1, -0.05) is 0 Å². The number of rotatable bonds is 2. The second-order valence-corrected chi connectivity index (χ2v) is 5.05. The molecule has 2 heterocycles. The van der Waals surface area contributed by atoms with Crippen molar-refractivity contribution in [2.75, 3.05) is 20.2 Å². The Bertz CT molecular complexity index is 770. The Morgan fingerprint density at radius 2 is 2.15 bits per heavy atom. The van der Waals surface area contributed by atoms with Gasteiger partial charge in [0.05, 0.1) is 24.1 Å². The fourth-order valence-corrected chi connectivity index (χ4v) is 2.77. The summed E-state index contributed by atoms with van der Waals surface area (Å²) in [5.74, 6) is 0.615. The van der Waals surface area contributed by atoms with Crippen LogP contribution in [0.1, 0.15) is 12.5 Å². The molecule has 0 spiro atoms. The monoisotopic (exact) mass is 275 g/mol. The molecule has 2 aromatic rings. The maximum absolute atomic E-state index is 12.6. The lowest BCUT2D eigenvalue weighted by Crippen LogP contribution is -2.42. The highest BCUT2D eigenvalue weighted by Gasteiger charge is 2.22. The smallest absolute Gasteiger partial charge is 0.331 e. The first-order valence-electron chi connectivity index (χ1n) is 6.63. The summed E-state index contributed by atoms with van der Waals surface area (Å²) >= 11 is 0. The first kappa shape index (κ1) is 12.9. The lowest BCUT2D eigenvalue weighted by molar-refractivity contribution is 0.415. The highest BCUT2D eigenvalue weighted by molar-refractivity contribution is 5.79. The standard InChI is InChI=1S/C14H17N3O3/c1-16-12-4-3-10(20-2)7-11(12)13(18)17(14(16)19)9-5-6-15-8-9/h3-4,7,9,15H,5-6,8H2,1-2H3. The number of hydrogen-bond donors (Lipinski definition) is 1. The number of aromatic nitrogens is 2. The number of methoxy groups -OCH3 is 1. The molecule has 1 unspecified atom stereocenters. The van der Waals surface area contributed by atoms with Crippen molar-refractivity contribution < 1.29 is 4.74 Å². The fourth-order valence-electron chi connectivity index (χ4n) is 2.77. The first-order chi connectivity index (χ1) is 9.63. The summed E-state index contributed by atoms with van der Waals surface area (Å²) in [7, 11) is 3.25. The average molecular weight is 275 g/mol. The van der Waals surface area contributed by atoms with Crippen LogP contribution in [-0.4, -0.2) is 29.3 Å². The Morgan fingerprint density at radius 1 is 1.35 bits per heavy atom. The molecular weight excluding hydrogens is 258 g/mol. The molecule has 1 aliphatic heterocycles. The molecule has 6 nitrogen and oxygen atoms in total. The van der Waals surface area contributed by atoms with Crippen molar-refractivity contribution >= 4 is 10.9 Å². The normalized spacial score (nSPS) is 18.6. The average Bonchev–Trinajstić information content (AvgIpc) is 2.98. The largest absolute Gasteiger partial charge is 0.497 e. The number of nitrogens with one attached hydrogen (secondary N) is 1. The zero-order valence-electron chi connectivity index (χ0n) is 11.5. The summed E-state index contributed by atoms with van der Waals surface area (Å²) in [6, 6.07) is 5.11. The van der Waals surface area contributed by atoms with Crippen molar-refractivity contribution in [1.29, 1.82) is 0 Å². The van der Waals surface area contributed by atoms with Crippen molar-refractivity contribution in [3.05, 3.63) is 39.0 Å². The molecule has 0 saturated carbocycles. The Hall–Kier alpha value is -2.08. The highest BCUT2D eigenvalue weighted by atomic mass is 16.5. The minimum Gasteiger partial charge on any atom is -0.497 e. The third-order valence-electron chi connectivity index (χ3n) is 3.91. The van der Waals surface area contributed by atoms with Gasteiger partial charge in [-0.3, -0.25) is 13.9 Å². The van der Waals surface area contributed by atoms with E-state index in [4.69, 9.17) is 4.74 Å². The molecule has 3 rings (SSSR count).